The Hall–Kier alpha value is -1.10. The van der Waals surface area contributed by atoms with Crippen molar-refractivity contribution >= 4 is 5.95 Å². The number of hydrogen-bond donors (Lipinski definition) is 1. The number of anilines is 1. The van der Waals surface area contributed by atoms with Gasteiger partial charge in [-0.3, -0.25) is 0 Å². The summed E-state index contributed by atoms with van der Waals surface area (Å²) in [5.74, 6) is 1.61. The molecule has 2 aliphatic heterocycles. The van der Waals surface area contributed by atoms with Crippen LogP contribution in [-0.2, 0) is 6.42 Å². The molecule has 1 aromatic heterocycles. The third kappa shape index (κ3) is 3.72. The molecule has 1 atom stereocenters. The summed E-state index contributed by atoms with van der Waals surface area (Å²) in [5.41, 5.74) is 0. The maximum Gasteiger partial charge on any atom is 0.266 e. The molecule has 3 heterocycles. The fraction of sp³-hybridized carbons (Fsp3) is 0.867. The van der Waals surface area contributed by atoms with E-state index in [1.165, 1.54) is 44.9 Å². The lowest BCUT2D eigenvalue weighted by atomic mass is 10.0. The van der Waals surface area contributed by atoms with E-state index in [0.717, 1.165) is 44.3 Å². The Balaban J connectivity index is 1.50. The zero-order chi connectivity index (χ0) is 13.6. The predicted octanol–water partition coefficient (Wildman–Crippen LogP) is 2.52. The van der Waals surface area contributed by atoms with Gasteiger partial charge < -0.3 is 14.7 Å². The molecule has 0 saturated carbocycles. The summed E-state index contributed by atoms with van der Waals surface area (Å²) >= 11 is 0. The Morgan fingerprint density at radius 2 is 1.95 bits per heavy atom. The summed E-state index contributed by atoms with van der Waals surface area (Å²) in [5, 5.41) is 7.73. The fourth-order valence-electron chi connectivity index (χ4n) is 3.21. The lowest BCUT2D eigenvalue weighted by Crippen LogP contribution is -2.34. The van der Waals surface area contributed by atoms with Crippen LogP contribution in [0.15, 0.2) is 4.52 Å². The molecule has 0 spiro atoms. The van der Waals surface area contributed by atoms with Crippen molar-refractivity contribution in [2.45, 2.75) is 63.8 Å². The maximum absolute atomic E-state index is 5.42. The number of nitrogens with zero attached hydrogens (tertiary/aromatic N) is 3. The molecule has 1 unspecified atom stereocenters. The molecule has 0 aliphatic carbocycles. The number of aromatic nitrogens is 2. The van der Waals surface area contributed by atoms with Gasteiger partial charge in [-0.25, -0.2) is 0 Å². The van der Waals surface area contributed by atoms with Crippen LogP contribution in [0.3, 0.4) is 0 Å². The van der Waals surface area contributed by atoms with E-state index in [9.17, 15) is 0 Å². The lowest BCUT2D eigenvalue weighted by molar-refractivity contribution is 0.342. The van der Waals surface area contributed by atoms with Crippen LogP contribution >= 0.6 is 0 Å². The van der Waals surface area contributed by atoms with Gasteiger partial charge in [-0.15, -0.1) is 0 Å². The summed E-state index contributed by atoms with van der Waals surface area (Å²) in [6.07, 6.45) is 11.1. The van der Waals surface area contributed by atoms with Gasteiger partial charge >= 0.3 is 0 Å². The van der Waals surface area contributed by atoms with E-state index in [-0.39, 0.29) is 0 Å². The molecule has 1 aromatic rings. The van der Waals surface area contributed by atoms with Crippen LogP contribution in [0.25, 0.3) is 0 Å². The molecule has 2 fully saturated rings. The Morgan fingerprint density at radius 3 is 2.70 bits per heavy atom. The molecule has 0 amide bonds. The standard InChI is InChI=1S/C15H26N4O/c1-2-6-12-19(11-5-1)15-17-14(20-18-15)9-8-13-7-3-4-10-16-13/h13,16H,1-12H2. The highest BCUT2D eigenvalue weighted by Crippen LogP contribution is 2.18. The van der Waals surface area contributed by atoms with Crippen molar-refractivity contribution in [3.8, 4) is 0 Å². The number of nitrogens with one attached hydrogen (secondary N) is 1. The monoisotopic (exact) mass is 278 g/mol. The van der Waals surface area contributed by atoms with Crippen LogP contribution in [0.5, 0.6) is 0 Å². The van der Waals surface area contributed by atoms with E-state index in [0.29, 0.717) is 6.04 Å². The highest BCUT2D eigenvalue weighted by atomic mass is 16.5. The zero-order valence-electron chi connectivity index (χ0n) is 12.3. The first-order chi connectivity index (χ1) is 9.92. The van der Waals surface area contributed by atoms with E-state index in [1.807, 2.05) is 0 Å². The smallest absolute Gasteiger partial charge is 0.266 e. The number of rotatable bonds is 4. The van der Waals surface area contributed by atoms with Crippen LogP contribution in [0.1, 0.15) is 57.3 Å². The number of aryl methyl sites for hydroxylation is 1. The van der Waals surface area contributed by atoms with Crippen molar-refractivity contribution < 1.29 is 4.52 Å². The van der Waals surface area contributed by atoms with Gasteiger partial charge in [0.05, 0.1) is 0 Å². The van der Waals surface area contributed by atoms with Crippen molar-refractivity contribution in [3.05, 3.63) is 5.89 Å². The van der Waals surface area contributed by atoms with Gasteiger partial charge in [0.2, 0.25) is 5.89 Å². The lowest BCUT2D eigenvalue weighted by Gasteiger charge is -2.22. The highest BCUT2D eigenvalue weighted by Gasteiger charge is 2.17. The third-order valence-electron chi connectivity index (χ3n) is 4.47. The highest BCUT2D eigenvalue weighted by molar-refractivity contribution is 5.27. The summed E-state index contributed by atoms with van der Waals surface area (Å²) in [7, 11) is 0. The first kappa shape index (κ1) is 13.9. The largest absolute Gasteiger partial charge is 0.338 e. The average Bonchev–Trinajstić information content (AvgIpc) is 2.80. The summed E-state index contributed by atoms with van der Waals surface area (Å²) in [6.45, 7) is 3.31. The zero-order valence-corrected chi connectivity index (χ0v) is 12.3. The average molecular weight is 278 g/mol. The van der Waals surface area contributed by atoms with E-state index in [2.05, 4.69) is 20.4 Å². The van der Waals surface area contributed by atoms with E-state index < -0.39 is 0 Å². The van der Waals surface area contributed by atoms with Crippen molar-refractivity contribution in [1.82, 2.24) is 15.5 Å². The van der Waals surface area contributed by atoms with Gasteiger partial charge in [0.15, 0.2) is 0 Å². The van der Waals surface area contributed by atoms with E-state index in [4.69, 9.17) is 4.52 Å². The Kier molecular flexibility index (Phi) is 4.90. The molecule has 2 aliphatic rings. The third-order valence-corrected chi connectivity index (χ3v) is 4.47. The number of piperidine rings is 1. The van der Waals surface area contributed by atoms with Crippen LogP contribution in [0.4, 0.5) is 5.95 Å². The van der Waals surface area contributed by atoms with E-state index >= 15 is 0 Å². The topological polar surface area (TPSA) is 54.2 Å². The first-order valence-corrected chi connectivity index (χ1v) is 8.23. The summed E-state index contributed by atoms with van der Waals surface area (Å²) in [4.78, 5) is 6.86. The Labute approximate surface area is 121 Å². The minimum atomic E-state index is 0.636. The van der Waals surface area contributed by atoms with Crippen molar-refractivity contribution in [3.63, 3.8) is 0 Å². The molecule has 20 heavy (non-hydrogen) atoms. The molecule has 3 rings (SSSR count). The van der Waals surface area contributed by atoms with Crippen molar-refractivity contribution in [2.75, 3.05) is 24.5 Å². The second kappa shape index (κ2) is 7.07. The van der Waals surface area contributed by atoms with Gasteiger partial charge in [0.25, 0.3) is 5.95 Å². The normalized spacial score (nSPS) is 24.6. The molecule has 1 N–H and O–H groups in total. The minimum Gasteiger partial charge on any atom is -0.338 e. The van der Waals surface area contributed by atoms with Crippen LogP contribution in [0.2, 0.25) is 0 Å². The van der Waals surface area contributed by atoms with Crippen molar-refractivity contribution in [1.29, 1.82) is 0 Å². The van der Waals surface area contributed by atoms with Crippen LogP contribution in [-0.4, -0.2) is 35.8 Å². The molecule has 0 aromatic carbocycles. The minimum absolute atomic E-state index is 0.636. The van der Waals surface area contributed by atoms with Crippen LogP contribution in [0, 0.1) is 0 Å². The predicted molar refractivity (Wildman–Crippen MR) is 78.9 cm³/mol. The molecule has 5 heteroatoms. The fourth-order valence-corrected chi connectivity index (χ4v) is 3.21. The molecule has 5 nitrogen and oxygen atoms in total. The quantitative estimate of drug-likeness (QED) is 0.917. The van der Waals surface area contributed by atoms with Gasteiger partial charge in [-0.1, -0.05) is 19.3 Å². The molecule has 0 bridgehead atoms. The van der Waals surface area contributed by atoms with E-state index in [1.54, 1.807) is 0 Å². The molecular weight excluding hydrogens is 252 g/mol. The molecule has 112 valence electrons. The SMILES string of the molecule is C1CCCN(c2noc(CCC3CCCCN3)n2)CC1. The second-order valence-corrected chi connectivity index (χ2v) is 6.07. The summed E-state index contributed by atoms with van der Waals surface area (Å²) < 4.78 is 5.42. The molecule has 2 saturated heterocycles. The molecular formula is C15H26N4O. The molecule has 0 radical (unpaired) electrons. The first-order valence-electron chi connectivity index (χ1n) is 8.23. The van der Waals surface area contributed by atoms with Crippen molar-refractivity contribution in [2.24, 2.45) is 0 Å². The Morgan fingerprint density at radius 1 is 1.10 bits per heavy atom. The maximum atomic E-state index is 5.42. The van der Waals surface area contributed by atoms with Crippen LogP contribution < -0.4 is 10.2 Å². The second-order valence-electron chi connectivity index (χ2n) is 6.07. The van der Waals surface area contributed by atoms with Gasteiger partial charge in [-0.2, -0.15) is 4.98 Å². The Bertz CT molecular complexity index is 392. The van der Waals surface area contributed by atoms with Gasteiger partial charge in [-0.05, 0) is 43.8 Å². The van der Waals surface area contributed by atoms with Gasteiger partial charge in [0, 0.05) is 25.6 Å². The number of hydrogen-bond acceptors (Lipinski definition) is 5. The van der Waals surface area contributed by atoms with Gasteiger partial charge in [0.1, 0.15) is 0 Å². The summed E-state index contributed by atoms with van der Waals surface area (Å²) in [6, 6.07) is 0.636.